The summed E-state index contributed by atoms with van der Waals surface area (Å²) in [6.07, 6.45) is -4.55. The van der Waals surface area contributed by atoms with Gasteiger partial charge in [-0.15, -0.1) is 0 Å². The van der Waals surface area contributed by atoms with Gasteiger partial charge in [-0.3, -0.25) is 0 Å². The summed E-state index contributed by atoms with van der Waals surface area (Å²) in [6, 6.07) is 1.81. The van der Waals surface area contributed by atoms with Crippen molar-refractivity contribution in [3.05, 3.63) is 33.6 Å². The van der Waals surface area contributed by atoms with Crippen molar-refractivity contribution in [1.29, 1.82) is 0 Å². The molecule has 0 aliphatic heterocycles. The Morgan fingerprint density at radius 2 is 1.93 bits per heavy atom. The van der Waals surface area contributed by atoms with E-state index in [1.54, 1.807) is 0 Å². The second kappa shape index (κ2) is 3.50. The minimum atomic E-state index is -4.55. The molecule has 2 N–H and O–H groups in total. The van der Waals surface area contributed by atoms with Crippen LogP contribution in [0.3, 0.4) is 0 Å². The van der Waals surface area contributed by atoms with E-state index in [9.17, 15) is 13.2 Å². The van der Waals surface area contributed by atoms with Gasteiger partial charge in [0.1, 0.15) is 0 Å². The van der Waals surface area contributed by atoms with Crippen molar-refractivity contribution in [1.82, 2.24) is 0 Å². The second-order valence-electron chi connectivity index (χ2n) is 2.50. The fourth-order valence-electron chi connectivity index (χ4n) is 0.899. The monoisotopic (exact) mass is 264 g/mol. The Balaban J connectivity index is 3.45. The van der Waals surface area contributed by atoms with E-state index in [1.807, 2.05) is 0 Å². The van der Waals surface area contributed by atoms with Crippen molar-refractivity contribution in [2.24, 2.45) is 0 Å². The Morgan fingerprint density at radius 1 is 1.36 bits per heavy atom. The highest BCUT2D eigenvalue weighted by atomic mass is 79.9. The van der Waals surface area contributed by atoms with E-state index >= 15 is 0 Å². The van der Waals surface area contributed by atoms with Crippen molar-refractivity contribution in [3.63, 3.8) is 0 Å². The van der Waals surface area contributed by atoms with Gasteiger partial charge in [-0.05, 0) is 28.1 Å². The average Bonchev–Trinajstić information content (AvgIpc) is 2.07. The fourth-order valence-corrected chi connectivity index (χ4v) is 1.23. The van der Waals surface area contributed by atoms with Crippen LogP contribution in [0.5, 0.6) is 0 Å². The van der Waals surface area contributed by atoms with Gasteiger partial charge in [0.05, 0.1) is 12.1 Å². The first kappa shape index (κ1) is 10.9. The number of anilines is 1. The smallest absolute Gasteiger partial charge is 0.398 e. The molecule has 1 aromatic rings. The molecule has 0 atom stereocenters. The van der Waals surface area contributed by atoms with Crippen LogP contribution in [0.4, 0.5) is 24.5 Å². The number of hydrogen-bond acceptors (Lipinski definition) is 1. The largest absolute Gasteiger partial charge is 0.407 e. The van der Waals surface area contributed by atoms with Crippen LogP contribution in [0, 0.1) is 6.57 Å². The molecule has 0 aliphatic rings. The molecule has 0 saturated heterocycles. The molecule has 0 bridgehead atoms. The number of nitrogen functional groups attached to an aromatic ring is 1. The summed E-state index contributed by atoms with van der Waals surface area (Å²) in [7, 11) is 0. The number of hydrogen-bond donors (Lipinski definition) is 1. The summed E-state index contributed by atoms with van der Waals surface area (Å²) in [4.78, 5) is 2.78. The van der Waals surface area contributed by atoms with Crippen LogP contribution in [-0.2, 0) is 6.18 Å². The van der Waals surface area contributed by atoms with Crippen LogP contribution in [-0.4, -0.2) is 0 Å². The third-order valence-corrected chi connectivity index (χ3v) is 2.23. The van der Waals surface area contributed by atoms with Gasteiger partial charge in [-0.25, -0.2) is 4.85 Å². The Bertz CT molecular complexity index is 406. The van der Waals surface area contributed by atoms with Gasteiger partial charge < -0.3 is 5.73 Å². The topological polar surface area (TPSA) is 30.4 Å². The highest BCUT2D eigenvalue weighted by Gasteiger charge is 2.33. The second-order valence-corrected chi connectivity index (χ2v) is 3.35. The standard InChI is InChI=1S/C8H4BrF3N2/c1-14-7-3-5(9)6(13)2-4(7)8(10,11)12/h2-3H,13H2. The number of alkyl halides is 3. The molecule has 0 unspecified atom stereocenters. The molecule has 74 valence electrons. The van der Waals surface area contributed by atoms with E-state index in [0.29, 0.717) is 0 Å². The molecule has 1 rings (SSSR count). The Kier molecular flexibility index (Phi) is 2.71. The highest BCUT2D eigenvalue weighted by molar-refractivity contribution is 9.10. The van der Waals surface area contributed by atoms with Gasteiger partial charge in [0.2, 0.25) is 5.69 Å². The third-order valence-electron chi connectivity index (χ3n) is 1.54. The first-order valence-electron chi connectivity index (χ1n) is 3.40. The van der Waals surface area contributed by atoms with Gasteiger partial charge in [-0.2, -0.15) is 13.2 Å². The lowest BCUT2D eigenvalue weighted by molar-refractivity contribution is -0.136. The lowest BCUT2D eigenvalue weighted by Crippen LogP contribution is -2.06. The van der Waals surface area contributed by atoms with Crippen LogP contribution in [0.1, 0.15) is 5.56 Å². The van der Waals surface area contributed by atoms with Crippen LogP contribution in [0.15, 0.2) is 16.6 Å². The maximum atomic E-state index is 12.3. The molecule has 1 aromatic carbocycles. The van der Waals surface area contributed by atoms with Crippen LogP contribution < -0.4 is 5.73 Å². The summed E-state index contributed by atoms with van der Waals surface area (Å²) in [5, 5.41) is 0. The molecule has 0 saturated carbocycles. The molecule has 0 aromatic heterocycles. The van der Waals surface area contributed by atoms with E-state index in [0.717, 1.165) is 12.1 Å². The van der Waals surface area contributed by atoms with Crippen LogP contribution in [0.2, 0.25) is 0 Å². The van der Waals surface area contributed by atoms with Gasteiger partial charge >= 0.3 is 6.18 Å². The van der Waals surface area contributed by atoms with Crippen LogP contribution >= 0.6 is 15.9 Å². The molecule has 0 spiro atoms. The first-order valence-corrected chi connectivity index (χ1v) is 4.19. The number of benzene rings is 1. The van der Waals surface area contributed by atoms with Crippen molar-refractivity contribution >= 4 is 27.3 Å². The number of nitrogens with two attached hydrogens (primary N) is 1. The zero-order valence-corrected chi connectivity index (χ0v) is 8.28. The lowest BCUT2D eigenvalue weighted by Gasteiger charge is -2.10. The molecule has 0 amide bonds. The van der Waals surface area contributed by atoms with Gasteiger partial charge in [0.25, 0.3) is 0 Å². The molecule has 0 radical (unpaired) electrons. The van der Waals surface area contributed by atoms with E-state index < -0.39 is 17.4 Å². The fraction of sp³-hybridized carbons (Fsp3) is 0.125. The minimum Gasteiger partial charge on any atom is -0.398 e. The molecule has 6 heteroatoms. The number of halogens is 4. The molecule has 0 fully saturated rings. The quantitative estimate of drug-likeness (QED) is 0.563. The summed E-state index contributed by atoms with van der Waals surface area (Å²) in [5.41, 5.74) is 3.79. The predicted octanol–water partition coefficient (Wildman–Crippen LogP) is 3.60. The summed E-state index contributed by atoms with van der Waals surface area (Å²) >= 11 is 2.95. The van der Waals surface area contributed by atoms with Gasteiger partial charge in [-0.1, -0.05) is 0 Å². The first-order chi connectivity index (χ1) is 6.36. The molecule has 0 aliphatic carbocycles. The number of nitrogens with zero attached hydrogens (tertiary/aromatic N) is 1. The zero-order valence-electron chi connectivity index (χ0n) is 6.69. The van der Waals surface area contributed by atoms with E-state index in [2.05, 4.69) is 20.8 Å². The van der Waals surface area contributed by atoms with E-state index in [4.69, 9.17) is 12.3 Å². The van der Waals surface area contributed by atoms with Crippen molar-refractivity contribution < 1.29 is 13.2 Å². The van der Waals surface area contributed by atoms with Crippen molar-refractivity contribution in [3.8, 4) is 0 Å². The van der Waals surface area contributed by atoms with Crippen molar-refractivity contribution in [2.75, 3.05) is 5.73 Å². The zero-order chi connectivity index (χ0) is 10.9. The maximum absolute atomic E-state index is 12.3. The summed E-state index contributed by atoms with van der Waals surface area (Å²) in [6.45, 7) is 6.60. The van der Waals surface area contributed by atoms with Gasteiger partial charge in [0.15, 0.2) is 0 Å². The maximum Gasteiger partial charge on any atom is 0.407 e. The normalized spacial score (nSPS) is 11.1. The molecular weight excluding hydrogens is 261 g/mol. The molecule has 2 nitrogen and oxygen atoms in total. The van der Waals surface area contributed by atoms with Gasteiger partial charge in [0, 0.05) is 10.2 Å². The van der Waals surface area contributed by atoms with Crippen molar-refractivity contribution in [2.45, 2.75) is 6.18 Å². The minimum absolute atomic E-state index is 0.0373. The highest BCUT2D eigenvalue weighted by Crippen LogP contribution is 2.40. The van der Waals surface area contributed by atoms with E-state index in [1.165, 1.54) is 0 Å². The molecule has 0 heterocycles. The van der Waals surface area contributed by atoms with E-state index in [-0.39, 0.29) is 10.2 Å². The lowest BCUT2D eigenvalue weighted by atomic mass is 10.1. The van der Waals surface area contributed by atoms with Crippen LogP contribution in [0.25, 0.3) is 4.85 Å². The number of rotatable bonds is 0. The third kappa shape index (κ3) is 1.99. The predicted molar refractivity (Wildman–Crippen MR) is 49.8 cm³/mol. The Hall–Kier alpha value is -1.22. The summed E-state index contributed by atoms with van der Waals surface area (Å²) < 4.78 is 37.3. The summed E-state index contributed by atoms with van der Waals surface area (Å²) in [5.74, 6) is 0. The Labute approximate surface area is 86.5 Å². The Morgan fingerprint density at radius 3 is 2.36 bits per heavy atom. The molecular formula is C8H4BrF3N2. The average molecular weight is 265 g/mol. The SMILES string of the molecule is [C-]#[N+]c1cc(Br)c(N)cc1C(F)(F)F. The molecule has 14 heavy (non-hydrogen) atoms.